The van der Waals surface area contributed by atoms with E-state index in [0.717, 1.165) is 5.33 Å². The van der Waals surface area contributed by atoms with E-state index in [1.54, 1.807) is 0 Å². The van der Waals surface area contributed by atoms with Crippen molar-refractivity contribution in [2.45, 2.75) is 11.7 Å². The van der Waals surface area contributed by atoms with Gasteiger partial charge in [0.1, 0.15) is 6.10 Å². The van der Waals surface area contributed by atoms with Crippen LogP contribution in [0.5, 0.6) is 0 Å². The summed E-state index contributed by atoms with van der Waals surface area (Å²) >= 11 is 8.61. The Bertz CT molecular complexity index is 56.8. The van der Waals surface area contributed by atoms with E-state index in [1.807, 2.05) is 0 Å². The molecule has 1 saturated heterocycles. The van der Waals surface area contributed by atoms with Crippen LogP contribution in [0.25, 0.3) is 0 Å². The highest BCUT2D eigenvalue weighted by atomic mass is 79.9. The van der Waals surface area contributed by atoms with E-state index in [-0.39, 0.29) is 11.7 Å². The van der Waals surface area contributed by atoms with Gasteiger partial charge < -0.3 is 4.74 Å². The smallest absolute Gasteiger partial charge is 0.158 e. The molecular formula is C3H4BrClO. The summed E-state index contributed by atoms with van der Waals surface area (Å²) < 4.78 is 4.78. The predicted molar refractivity (Wildman–Crippen MR) is 28.3 cm³/mol. The van der Waals surface area contributed by atoms with Gasteiger partial charge in [0, 0.05) is 5.33 Å². The first-order valence-electron chi connectivity index (χ1n) is 1.70. The van der Waals surface area contributed by atoms with Crippen LogP contribution < -0.4 is 0 Å². The van der Waals surface area contributed by atoms with Crippen LogP contribution in [0.15, 0.2) is 0 Å². The Morgan fingerprint density at radius 1 is 1.83 bits per heavy atom. The molecule has 0 aromatic carbocycles. The van der Waals surface area contributed by atoms with E-state index in [0.29, 0.717) is 0 Å². The maximum atomic E-state index is 5.40. The van der Waals surface area contributed by atoms with Crippen molar-refractivity contribution in [1.29, 1.82) is 0 Å². The Morgan fingerprint density at radius 2 is 2.33 bits per heavy atom. The molecule has 0 bridgehead atoms. The summed E-state index contributed by atoms with van der Waals surface area (Å²) in [4.78, 5) is 0. The van der Waals surface area contributed by atoms with Gasteiger partial charge in [-0.15, -0.1) is 0 Å². The highest BCUT2D eigenvalue weighted by Crippen LogP contribution is 2.26. The number of halogens is 2. The van der Waals surface area contributed by atoms with Crippen LogP contribution in [0.3, 0.4) is 0 Å². The van der Waals surface area contributed by atoms with Crippen molar-refractivity contribution in [3.05, 3.63) is 0 Å². The van der Waals surface area contributed by atoms with Crippen molar-refractivity contribution in [2.75, 3.05) is 5.33 Å². The molecule has 0 unspecified atom stereocenters. The molecule has 0 amide bonds. The van der Waals surface area contributed by atoms with Gasteiger partial charge in [-0.1, -0.05) is 27.5 Å². The van der Waals surface area contributed by atoms with Crippen LogP contribution >= 0.6 is 27.5 Å². The molecule has 0 N–H and O–H groups in total. The van der Waals surface area contributed by atoms with Crippen LogP contribution in [-0.2, 0) is 4.74 Å². The summed E-state index contributed by atoms with van der Waals surface area (Å²) in [6.45, 7) is 0. The molecule has 1 nitrogen and oxygen atoms in total. The Balaban J connectivity index is 2.09. The lowest BCUT2D eigenvalue weighted by atomic mass is 10.6. The van der Waals surface area contributed by atoms with Gasteiger partial charge in [0.2, 0.25) is 0 Å². The first kappa shape index (κ1) is 4.88. The monoisotopic (exact) mass is 170 g/mol. The minimum atomic E-state index is -0.00984. The van der Waals surface area contributed by atoms with Crippen molar-refractivity contribution in [2.24, 2.45) is 0 Å². The van der Waals surface area contributed by atoms with E-state index in [9.17, 15) is 0 Å². The summed E-state index contributed by atoms with van der Waals surface area (Å²) in [5.74, 6) is 0. The zero-order chi connectivity index (χ0) is 4.57. The molecule has 0 aliphatic carbocycles. The van der Waals surface area contributed by atoms with Crippen LogP contribution in [0.4, 0.5) is 0 Å². The second kappa shape index (κ2) is 1.68. The van der Waals surface area contributed by atoms with Gasteiger partial charge >= 0.3 is 0 Å². The van der Waals surface area contributed by atoms with E-state index in [2.05, 4.69) is 15.9 Å². The van der Waals surface area contributed by atoms with Gasteiger partial charge in [0.15, 0.2) is 5.56 Å². The number of rotatable bonds is 1. The summed E-state index contributed by atoms with van der Waals surface area (Å²) in [6, 6.07) is 0. The third-order valence-corrected chi connectivity index (χ3v) is 1.69. The fourth-order valence-corrected chi connectivity index (χ4v) is 1.16. The van der Waals surface area contributed by atoms with E-state index in [1.165, 1.54) is 0 Å². The molecule has 3 heteroatoms. The quantitative estimate of drug-likeness (QED) is 0.428. The Kier molecular flexibility index (Phi) is 1.37. The average molecular weight is 171 g/mol. The zero-order valence-electron chi connectivity index (χ0n) is 3.03. The number of epoxide rings is 1. The number of alkyl halides is 2. The summed E-state index contributed by atoms with van der Waals surface area (Å²) in [5, 5.41) is 0.862. The molecule has 0 aromatic rings. The molecule has 1 rings (SSSR count). The van der Waals surface area contributed by atoms with Gasteiger partial charge in [-0.05, 0) is 0 Å². The van der Waals surface area contributed by atoms with Crippen LogP contribution in [-0.4, -0.2) is 17.0 Å². The normalized spacial score (nSPS) is 43.0. The largest absolute Gasteiger partial charge is 0.352 e. The second-order valence-corrected chi connectivity index (χ2v) is 2.26. The first-order valence-corrected chi connectivity index (χ1v) is 3.26. The minimum Gasteiger partial charge on any atom is -0.352 e. The van der Waals surface area contributed by atoms with Crippen molar-refractivity contribution in [1.82, 2.24) is 0 Å². The molecule has 0 radical (unpaired) electrons. The SMILES string of the molecule is Cl[C@@H]1O[C@@H]1CBr. The van der Waals surface area contributed by atoms with Crippen LogP contribution in [0, 0.1) is 0 Å². The fraction of sp³-hybridized carbons (Fsp3) is 1.00. The molecule has 1 aliphatic rings. The molecule has 0 saturated carbocycles. The number of hydrogen-bond acceptors (Lipinski definition) is 1. The molecule has 36 valence electrons. The van der Waals surface area contributed by atoms with Crippen molar-refractivity contribution < 1.29 is 4.74 Å². The van der Waals surface area contributed by atoms with E-state index >= 15 is 0 Å². The van der Waals surface area contributed by atoms with Gasteiger partial charge in [0.05, 0.1) is 0 Å². The lowest BCUT2D eigenvalue weighted by Gasteiger charge is -1.69. The molecule has 0 aromatic heterocycles. The van der Waals surface area contributed by atoms with Gasteiger partial charge in [-0.2, -0.15) is 0 Å². The minimum absolute atomic E-state index is 0.00984. The summed E-state index contributed by atoms with van der Waals surface area (Å²) in [6.07, 6.45) is 0.284. The average Bonchev–Trinajstić information content (AvgIpc) is 2.19. The maximum absolute atomic E-state index is 5.40. The summed E-state index contributed by atoms with van der Waals surface area (Å²) in [5.41, 5.74) is -0.00984. The molecule has 2 atom stereocenters. The fourth-order valence-electron chi connectivity index (χ4n) is 0.228. The second-order valence-electron chi connectivity index (χ2n) is 1.18. The topological polar surface area (TPSA) is 12.5 Å². The van der Waals surface area contributed by atoms with Gasteiger partial charge in [-0.3, -0.25) is 0 Å². The Labute approximate surface area is 49.7 Å². The molecule has 1 heterocycles. The maximum Gasteiger partial charge on any atom is 0.158 e. The van der Waals surface area contributed by atoms with Crippen LogP contribution in [0.1, 0.15) is 0 Å². The summed E-state index contributed by atoms with van der Waals surface area (Å²) in [7, 11) is 0. The van der Waals surface area contributed by atoms with Gasteiger partial charge in [0.25, 0.3) is 0 Å². The third kappa shape index (κ3) is 0.863. The number of hydrogen-bond donors (Lipinski definition) is 0. The predicted octanol–water partition coefficient (Wildman–Crippen LogP) is 1.34. The number of ether oxygens (including phenoxy) is 1. The Hall–Kier alpha value is 0.730. The lowest BCUT2D eigenvalue weighted by molar-refractivity contribution is 0.415. The lowest BCUT2D eigenvalue weighted by Crippen LogP contribution is -1.84. The third-order valence-electron chi connectivity index (χ3n) is 0.673. The molecule has 1 aliphatic heterocycles. The highest BCUT2D eigenvalue weighted by molar-refractivity contribution is 9.09. The molecule has 6 heavy (non-hydrogen) atoms. The van der Waals surface area contributed by atoms with Crippen molar-refractivity contribution in [3.63, 3.8) is 0 Å². The van der Waals surface area contributed by atoms with Crippen LogP contribution in [0.2, 0.25) is 0 Å². The first-order chi connectivity index (χ1) is 2.84. The van der Waals surface area contributed by atoms with Gasteiger partial charge in [-0.25, -0.2) is 0 Å². The zero-order valence-corrected chi connectivity index (χ0v) is 5.37. The van der Waals surface area contributed by atoms with E-state index < -0.39 is 0 Å². The Morgan fingerprint density at radius 3 is 2.33 bits per heavy atom. The van der Waals surface area contributed by atoms with Crippen molar-refractivity contribution in [3.8, 4) is 0 Å². The molecule has 0 spiro atoms. The van der Waals surface area contributed by atoms with Crippen molar-refractivity contribution >= 4 is 27.5 Å². The van der Waals surface area contributed by atoms with E-state index in [4.69, 9.17) is 16.3 Å². The molecular weight excluding hydrogens is 167 g/mol. The highest BCUT2D eigenvalue weighted by Gasteiger charge is 2.35. The molecule has 1 fully saturated rings. The standard InChI is InChI=1S/C3H4BrClO/c4-1-2-3(5)6-2/h2-3H,1H2/t2-,3-/m1/s1.